The van der Waals surface area contributed by atoms with Crippen molar-refractivity contribution in [2.75, 3.05) is 6.54 Å². The molecule has 0 radical (unpaired) electrons. The van der Waals surface area contributed by atoms with Gasteiger partial charge in [0.2, 0.25) is 0 Å². The van der Waals surface area contributed by atoms with E-state index in [0.717, 1.165) is 19.4 Å². The zero-order valence-electron chi connectivity index (χ0n) is 10.9. The van der Waals surface area contributed by atoms with Crippen LogP contribution in [0.3, 0.4) is 0 Å². The molecule has 4 heteroatoms. The predicted octanol–water partition coefficient (Wildman–Crippen LogP) is 1.70. The van der Waals surface area contributed by atoms with Gasteiger partial charge in [-0.2, -0.15) is 0 Å². The Kier molecular flexibility index (Phi) is 4.19. The molecule has 2 unspecified atom stereocenters. The normalized spacial score (nSPS) is 24.1. The van der Waals surface area contributed by atoms with Gasteiger partial charge in [0.25, 0.3) is 0 Å². The van der Waals surface area contributed by atoms with Gasteiger partial charge in [0.15, 0.2) is 0 Å². The van der Waals surface area contributed by atoms with Crippen molar-refractivity contribution in [1.82, 2.24) is 10.2 Å². The first kappa shape index (κ1) is 13.3. The monoisotopic (exact) mass is 227 g/mol. The molecule has 4 nitrogen and oxygen atoms in total. The molecule has 16 heavy (non-hydrogen) atoms. The smallest absolute Gasteiger partial charge is 0.318 e. The van der Waals surface area contributed by atoms with Crippen molar-refractivity contribution in [3.63, 3.8) is 0 Å². The van der Waals surface area contributed by atoms with Crippen LogP contribution in [-0.4, -0.2) is 35.1 Å². The minimum Gasteiger partial charge on any atom is -0.333 e. The first-order chi connectivity index (χ1) is 7.31. The number of likely N-dealkylation sites (tertiary alicyclic amines) is 1. The van der Waals surface area contributed by atoms with Crippen LogP contribution in [0.5, 0.6) is 0 Å². The molecule has 2 atom stereocenters. The zero-order chi connectivity index (χ0) is 12.3. The summed E-state index contributed by atoms with van der Waals surface area (Å²) < 4.78 is 0. The molecule has 1 heterocycles. The molecule has 2 amide bonds. The quantitative estimate of drug-likeness (QED) is 0.716. The van der Waals surface area contributed by atoms with E-state index >= 15 is 0 Å². The molecule has 1 rings (SSSR count). The summed E-state index contributed by atoms with van der Waals surface area (Å²) in [7, 11) is 0. The Morgan fingerprint density at radius 3 is 2.56 bits per heavy atom. The number of piperidine rings is 1. The standard InChI is InChI=1S/C12H25N3O/c1-9(13)10-7-5-6-8-15(10)11(16)14-12(2,3)4/h9-10H,5-8,13H2,1-4H3,(H,14,16). The van der Waals surface area contributed by atoms with Crippen LogP contribution in [-0.2, 0) is 0 Å². The first-order valence-electron chi connectivity index (χ1n) is 6.15. The minimum atomic E-state index is -0.184. The van der Waals surface area contributed by atoms with Crippen LogP contribution in [0.25, 0.3) is 0 Å². The maximum absolute atomic E-state index is 12.1. The van der Waals surface area contributed by atoms with Crippen LogP contribution in [0, 0.1) is 0 Å². The number of nitrogens with two attached hydrogens (primary N) is 1. The number of rotatable bonds is 1. The number of nitrogens with one attached hydrogen (secondary N) is 1. The number of amides is 2. The molecule has 1 aliphatic rings. The van der Waals surface area contributed by atoms with Gasteiger partial charge in [-0.15, -0.1) is 0 Å². The van der Waals surface area contributed by atoms with E-state index < -0.39 is 0 Å². The molecule has 0 aromatic heterocycles. The van der Waals surface area contributed by atoms with E-state index in [2.05, 4.69) is 5.32 Å². The second-order valence-corrected chi connectivity index (χ2v) is 5.80. The summed E-state index contributed by atoms with van der Waals surface area (Å²) in [6.45, 7) is 8.79. The van der Waals surface area contributed by atoms with Gasteiger partial charge in [0.05, 0.1) is 0 Å². The van der Waals surface area contributed by atoms with Crippen LogP contribution in [0.15, 0.2) is 0 Å². The minimum absolute atomic E-state index is 0.0227. The SMILES string of the molecule is CC(N)C1CCCCN1C(=O)NC(C)(C)C. The molecule has 94 valence electrons. The number of urea groups is 1. The van der Waals surface area contributed by atoms with E-state index in [-0.39, 0.29) is 23.7 Å². The third kappa shape index (κ3) is 3.67. The van der Waals surface area contributed by atoms with Crippen LogP contribution >= 0.6 is 0 Å². The summed E-state index contributed by atoms with van der Waals surface area (Å²) in [5.41, 5.74) is 5.75. The van der Waals surface area contributed by atoms with Gasteiger partial charge in [0.1, 0.15) is 0 Å². The van der Waals surface area contributed by atoms with Crippen LogP contribution in [0.4, 0.5) is 4.79 Å². The van der Waals surface area contributed by atoms with Gasteiger partial charge >= 0.3 is 6.03 Å². The van der Waals surface area contributed by atoms with E-state index in [9.17, 15) is 4.79 Å². The second kappa shape index (κ2) is 5.04. The Labute approximate surface area is 98.6 Å². The molecule has 0 aliphatic carbocycles. The highest BCUT2D eigenvalue weighted by Crippen LogP contribution is 2.19. The average Bonchev–Trinajstić information content (AvgIpc) is 2.15. The van der Waals surface area contributed by atoms with Gasteiger partial charge in [0, 0.05) is 24.2 Å². The number of hydrogen-bond acceptors (Lipinski definition) is 2. The van der Waals surface area contributed by atoms with Crippen molar-refractivity contribution in [3.8, 4) is 0 Å². The van der Waals surface area contributed by atoms with E-state index in [1.807, 2.05) is 32.6 Å². The fourth-order valence-corrected chi connectivity index (χ4v) is 2.15. The Morgan fingerprint density at radius 1 is 1.44 bits per heavy atom. The largest absolute Gasteiger partial charge is 0.333 e. The summed E-state index contributed by atoms with van der Waals surface area (Å²) in [5.74, 6) is 0. The van der Waals surface area contributed by atoms with Gasteiger partial charge in [-0.1, -0.05) is 0 Å². The zero-order valence-corrected chi connectivity index (χ0v) is 10.9. The molecule has 0 bridgehead atoms. The van der Waals surface area contributed by atoms with Crippen molar-refractivity contribution in [2.24, 2.45) is 5.73 Å². The van der Waals surface area contributed by atoms with E-state index in [1.54, 1.807) is 0 Å². The van der Waals surface area contributed by atoms with Crippen LogP contribution in [0.1, 0.15) is 47.0 Å². The topological polar surface area (TPSA) is 58.4 Å². The molecule has 0 aromatic carbocycles. The van der Waals surface area contributed by atoms with Crippen LogP contribution < -0.4 is 11.1 Å². The highest BCUT2D eigenvalue weighted by molar-refractivity contribution is 5.75. The summed E-state index contributed by atoms with van der Waals surface area (Å²) in [6, 6.07) is 0.261. The van der Waals surface area contributed by atoms with Crippen LogP contribution in [0.2, 0.25) is 0 Å². The lowest BCUT2D eigenvalue weighted by Crippen LogP contribution is -2.57. The van der Waals surface area contributed by atoms with Crippen molar-refractivity contribution in [2.45, 2.75) is 64.6 Å². The Morgan fingerprint density at radius 2 is 2.06 bits per heavy atom. The van der Waals surface area contributed by atoms with E-state index in [0.29, 0.717) is 0 Å². The van der Waals surface area contributed by atoms with Crippen molar-refractivity contribution < 1.29 is 4.79 Å². The van der Waals surface area contributed by atoms with Gasteiger partial charge in [-0.05, 0) is 47.0 Å². The highest BCUT2D eigenvalue weighted by atomic mass is 16.2. The second-order valence-electron chi connectivity index (χ2n) is 5.80. The molecular formula is C12H25N3O. The Bertz CT molecular complexity index is 245. The average molecular weight is 227 g/mol. The first-order valence-corrected chi connectivity index (χ1v) is 6.15. The lowest BCUT2D eigenvalue weighted by Gasteiger charge is -2.39. The Hall–Kier alpha value is -0.770. The highest BCUT2D eigenvalue weighted by Gasteiger charge is 2.30. The van der Waals surface area contributed by atoms with Gasteiger partial charge < -0.3 is 16.0 Å². The molecule has 1 fully saturated rings. The maximum atomic E-state index is 12.1. The van der Waals surface area contributed by atoms with E-state index in [4.69, 9.17) is 5.73 Å². The molecule has 1 saturated heterocycles. The summed E-state index contributed by atoms with van der Waals surface area (Å²) in [6.07, 6.45) is 3.28. The molecule has 0 aromatic rings. The number of carbonyl (C=O) groups is 1. The third-order valence-electron chi connectivity index (χ3n) is 2.90. The number of nitrogens with zero attached hydrogens (tertiary/aromatic N) is 1. The molecular weight excluding hydrogens is 202 g/mol. The molecule has 0 spiro atoms. The fraction of sp³-hybridized carbons (Fsp3) is 0.917. The number of carbonyl (C=O) groups excluding carboxylic acids is 1. The lowest BCUT2D eigenvalue weighted by atomic mass is 9.97. The third-order valence-corrected chi connectivity index (χ3v) is 2.90. The van der Waals surface area contributed by atoms with Gasteiger partial charge in [-0.25, -0.2) is 4.79 Å². The predicted molar refractivity (Wildman–Crippen MR) is 66.3 cm³/mol. The summed E-state index contributed by atoms with van der Waals surface area (Å²) >= 11 is 0. The van der Waals surface area contributed by atoms with Crippen molar-refractivity contribution >= 4 is 6.03 Å². The summed E-state index contributed by atoms with van der Waals surface area (Å²) in [5, 5.41) is 3.01. The molecule has 1 aliphatic heterocycles. The lowest BCUT2D eigenvalue weighted by molar-refractivity contribution is 0.134. The van der Waals surface area contributed by atoms with Crippen molar-refractivity contribution in [1.29, 1.82) is 0 Å². The molecule has 0 saturated carbocycles. The summed E-state index contributed by atoms with van der Waals surface area (Å²) in [4.78, 5) is 14.0. The maximum Gasteiger partial charge on any atom is 0.318 e. The molecule has 3 N–H and O–H groups in total. The number of hydrogen-bond donors (Lipinski definition) is 2. The Balaban J connectivity index is 2.64. The van der Waals surface area contributed by atoms with Gasteiger partial charge in [-0.3, -0.25) is 0 Å². The van der Waals surface area contributed by atoms with E-state index in [1.165, 1.54) is 6.42 Å². The van der Waals surface area contributed by atoms with Crippen molar-refractivity contribution in [3.05, 3.63) is 0 Å². The fourth-order valence-electron chi connectivity index (χ4n) is 2.15.